The van der Waals surface area contributed by atoms with Crippen molar-refractivity contribution >= 4 is 16.1 Å². The molecule has 26 heavy (non-hydrogen) atoms. The van der Waals surface area contributed by atoms with Crippen LogP contribution in [0.15, 0.2) is 29.2 Å². The van der Waals surface area contributed by atoms with Gasteiger partial charge in [0, 0.05) is 32.2 Å². The van der Waals surface area contributed by atoms with Gasteiger partial charge in [-0.25, -0.2) is 13.2 Å². The third-order valence-electron chi connectivity index (χ3n) is 5.02. The van der Waals surface area contributed by atoms with Gasteiger partial charge in [-0.1, -0.05) is 39.8 Å². The molecule has 1 saturated heterocycles. The van der Waals surface area contributed by atoms with Gasteiger partial charge in [0.05, 0.1) is 4.90 Å². The van der Waals surface area contributed by atoms with Crippen molar-refractivity contribution < 1.29 is 13.2 Å². The van der Waals surface area contributed by atoms with Gasteiger partial charge in [-0.15, -0.1) is 0 Å². The number of urea groups is 1. The molecule has 0 bridgehead atoms. The van der Waals surface area contributed by atoms with Crippen molar-refractivity contribution in [1.82, 2.24) is 14.5 Å². The number of carbonyl (C=O) groups excluding carboxylic acids is 1. The van der Waals surface area contributed by atoms with E-state index in [4.69, 9.17) is 0 Å². The summed E-state index contributed by atoms with van der Waals surface area (Å²) >= 11 is 0. The lowest BCUT2D eigenvalue weighted by molar-refractivity contribution is 0.168. The summed E-state index contributed by atoms with van der Waals surface area (Å²) in [5.74, 6) is 0.365. The van der Waals surface area contributed by atoms with Crippen LogP contribution in [-0.4, -0.2) is 55.9 Å². The quantitative estimate of drug-likeness (QED) is 0.823. The molecule has 0 atom stereocenters. The monoisotopic (exact) mass is 381 g/mol. The Kier molecular flexibility index (Phi) is 7.06. The fraction of sp³-hybridized carbons (Fsp3) is 0.632. The van der Waals surface area contributed by atoms with E-state index in [1.807, 2.05) is 26.0 Å². The van der Waals surface area contributed by atoms with E-state index in [1.165, 1.54) is 4.31 Å². The normalized spacial score (nSPS) is 16.3. The molecule has 0 spiro atoms. The molecule has 0 unspecified atom stereocenters. The maximum Gasteiger partial charge on any atom is 0.317 e. The Balaban J connectivity index is 1.98. The van der Waals surface area contributed by atoms with Crippen LogP contribution in [0.1, 0.15) is 52.0 Å². The third-order valence-corrected chi connectivity index (χ3v) is 6.94. The van der Waals surface area contributed by atoms with Crippen molar-refractivity contribution in [3.8, 4) is 0 Å². The van der Waals surface area contributed by atoms with E-state index in [1.54, 1.807) is 17.0 Å². The van der Waals surface area contributed by atoms with Gasteiger partial charge in [0.2, 0.25) is 10.0 Å². The number of amides is 2. The molecule has 2 amide bonds. The van der Waals surface area contributed by atoms with Crippen LogP contribution in [0.25, 0.3) is 0 Å². The molecule has 1 heterocycles. The highest BCUT2D eigenvalue weighted by molar-refractivity contribution is 7.89. The number of rotatable bonds is 6. The van der Waals surface area contributed by atoms with Crippen molar-refractivity contribution in [2.45, 2.75) is 57.4 Å². The second kappa shape index (κ2) is 8.86. The summed E-state index contributed by atoms with van der Waals surface area (Å²) in [6, 6.07) is 7.17. The lowest BCUT2D eigenvalue weighted by Gasteiger charge is -2.34. The van der Waals surface area contributed by atoms with Gasteiger partial charge in [-0.2, -0.15) is 4.31 Å². The molecule has 0 aromatic heterocycles. The lowest BCUT2D eigenvalue weighted by Crippen LogP contribution is -2.54. The Morgan fingerprint density at radius 2 is 1.58 bits per heavy atom. The zero-order chi connectivity index (χ0) is 19.3. The fourth-order valence-corrected chi connectivity index (χ4v) is 4.49. The van der Waals surface area contributed by atoms with Crippen LogP contribution in [0.4, 0.5) is 4.79 Å². The standard InChI is InChI=1S/C19H31N3O3S/c1-5-17(6-2)20-19(23)21-11-13-22(14-12-21)26(24,25)18-9-7-16(8-10-18)15(3)4/h7-10,15,17H,5-6,11-14H2,1-4H3,(H,20,23). The van der Waals surface area contributed by atoms with Crippen LogP contribution in [-0.2, 0) is 10.0 Å². The number of carbonyl (C=O) groups is 1. The molecule has 7 heteroatoms. The van der Waals surface area contributed by atoms with E-state index >= 15 is 0 Å². The van der Waals surface area contributed by atoms with E-state index in [-0.39, 0.29) is 12.1 Å². The minimum absolute atomic E-state index is 0.1000. The molecular formula is C19H31N3O3S. The number of sulfonamides is 1. The Morgan fingerprint density at radius 3 is 2.04 bits per heavy atom. The summed E-state index contributed by atoms with van der Waals surface area (Å²) < 4.78 is 27.1. The Hall–Kier alpha value is -1.60. The first-order valence-electron chi connectivity index (χ1n) is 9.45. The number of nitrogens with one attached hydrogen (secondary N) is 1. The van der Waals surface area contributed by atoms with Crippen LogP contribution in [0.3, 0.4) is 0 Å². The van der Waals surface area contributed by atoms with Crippen LogP contribution in [0.2, 0.25) is 0 Å². The minimum atomic E-state index is -3.51. The predicted molar refractivity (Wildman–Crippen MR) is 104 cm³/mol. The Morgan fingerprint density at radius 1 is 1.04 bits per heavy atom. The molecule has 2 rings (SSSR count). The topological polar surface area (TPSA) is 69.7 Å². The molecule has 1 aliphatic heterocycles. The summed E-state index contributed by atoms with van der Waals surface area (Å²) in [5, 5.41) is 3.01. The summed E-state index contributed by atoms with van der Waals surface area (Å²) in [4.78, 5) is 14.3. The molecule has 1 aromatic carbocycles. The molecule has 0 saturated carbocycles. The first-order valence-corrected chi connectivity index (χ1v) is 10.9. The molecule has 1 aliphatic rings. The van der Waals surface area contributed by atoms with Gasteiger partial charge < -0.3 is 10.2 Å². The molecule has 0 radical (unpaired) electrons. The maximum atomic E-state index is 12.8. The highest BCUT2D eigenvalue weighted by atomic mass is 32.2. The lowest BCUT2D eigenvalue weighted by atomic mass is 10.0. The second-order valence-electron chi connectivity index (χ2n) is 7.08. The smallest absolute Gasteiger partial charge is 0.317 e. The van der Waals surface area contributed by atoms with E-state index < -0.39 is 10.0 Å². The van der Waals surface area contributed by atoms with Gasteiger partial charge in [0.1, 0.15) is 0 Å². The van der Waals surface area contributed by atoms with Gasteiger partial charge in [-0.3, -0.25) is 0 Å². The summed E-state index contributed by atoms with van der Waals surface area (Å²) in [7, 11) is -3.51. The summed E-state index contributed by atoms with van der Waals surface area (Å²) in [5.41, 5.74) is 1.12. The van der Waals surface area contributed by atoms with E-state index in [0.717, 1.165) is 18.4 Å². The summed E-state index contributed by atoms with van der Waals surface area (Å²) in [6.45, 7) is 9.72. The largest absolute Gasteiger partial charge is 0.335 e. The van der Waals surface area contributed by atoms with E-state index in [9.17, 15) is 13.2 Å². The molecule has 1 N–H and O–H groups in total. The van der Waals surface area contributed by atoms with E-state index in [0.29, 0.717) is 37.0 Å². The van der Waals surface area contributed by atoms with Crippen LogP contribution in [0.5, 0.6) is 0 Å². The van der Waals surface area contributed by atoms with Crippen molar-refractivity contribution in [2.24, 2.45) is 0 Å². The first-order chi connectivity index (χ1) is 12.3. The maximum absolute atomic E-state index is 12.8. The van der Waals surface area contributed by atoms with Crippen molar-refractivity contribution in [2.75, 3.05) is 26.2 Å². The SMILES string of the molecule is CCC(CC)NC(=O)N1CCN(S(=O)(=O)c2ccc(C(C)C)cc2)CC1. The Labute approximate surface area is 157 Å². The molecule has 0 aliphatic carbocycles. The Bertz CT molecular complexity index is 689. The van der Waals surface area contributed by atoms with Crippen molar-refractivity contribution in [1.29, 1.82) is 0 Å². The molecule has 1 aromatic rings. The average Bonchev–Trinajstić information content (AvgIpc) is 2.66. The molecule has 6 nitrogen and oxygen atoms in total. The van der Waals surface area contributed by atoms with Crippen molar-refractivity contribution in [3.05, 3.63) is 29.8 Å². The number of nitrogens with zero attached hydrogens (tertiary/aromatic N) is 2. The minimum Gasteiger partial charge on any atom is -0.335 e. The average molecular weight is 382 g/mol. The van der Waals surface area contributed by atoms with Gasteiger partial charge in [-0.05, 0) is 36.5 Å². The molecular weight excluding hydrogens is 350 g/mol. The molecule has 146 valence electrons. The van der Waals surface area contributed by atoms with Gasteiger partial charge in [0.25, 0.3) is 0 Å². The van der Waals surface area contributed by atoms with Gasteiger partial charge >= 0.3 is 6.03 Å². The summed E-state index contributed by atoms with van der Waals surface area (Å²) in [6.07, 6.45) is 1.78. The van der Waals surface area contributed by atoms with Crippen LogP contribution in [0, 0.1) is 0 Å². The zero-order valence-electron chi connectivity index (χ0n) is 16.2. The molecule has 1 fully saturated rings. The fourth-order valence-electron chi connectivity index (χ4n) is 3.06. The highest BCUT2D eigenvalue weighted by Gasteiger charge is 2.30. The highest BCUT2D eigenvalue weighted by Crippen LogP contribution is 2.21. The van der Waals surface area contributed by atoms with Crippen LogP contribution >= 0.6 is 0 Å². The number of benzene rings is 1. The predicted octanol–water partition coefficient (Wildman–Crippen LogP) is 3.01. The third kappa shape index (κ3) is 4.76. The number of piperazine rings is 1. The van der Waals surface area contributed by atoms with Crippen molar-refractivity contribution in [3.63, 3.8) is 0 Å². The number of hydrogen-bond acceptors (Lipinski definition) is 3. The van der Waals surface area contributed by atoms with Crippen LogP contribution < -0.4 is 5.32 Å². The van der Waals surface area contributed by atoms with E-state index in [2.05, 4.69) is 19.2 Å². The number of hydrogen-bond donors (Lipinski definition) is 1. The zero-order valence-corrected chi connectivity index (χ0v) is 17.1. The van der Waals surface area contributed by atoms with Gasteiger partial charge in [0.15, 0.2) is 0 Å². The first kappa shape index (κ1) is 20.7. The second-order valence-corrected chi connectivity index (χ2v) is 9.02.